The molecule has 1 radical (unpaired) electrons. The minimum Gasteiger partial charge on any atom is -0.401 e. The second-order valence-electron chi connectivity index (χ2n) is 5.10. The van der Waals surface area contributed by atoms with Crippen LogP contribution in [0.15, 0.2) is 0 Å². The van der Waals surface area contributed by atoms with E-state index in [1.54, 1.807) is 0 Å². The molecule has 1 saturated heterocycles. The van der Waals surface area contributed by atoms with Crippen molar-refractivity contribution in [1.29, 1.82) is 0 Å². The van der Waals surface area contributed by atoms with Crippen LogP contribution in [0.2, 0.25) is 0 Å². The van der Waals surface area contributed by atoms with Crippen molar-refractivity contribution >= 4 is 0 Å². The van der Waals surface area contributed by atoms with E-state index in [0.717, 1.165) is 11.8 Å². The molecule has 0 aromatic heterocycles. The molecule has 0 amide bonds. The van der Waals surface area contributed by atoms with Crippen LogP contribution in [-0.4, -0.2) is 11.7 Å². The molecule has 2 heteroatoms. The summed E-state index contributed by atoms with van der Waals surface area (Å²) in [5, 5.41) is 0. The van der Waals surface area contributed by atoms with Crippen molar-refractivity contribution < 1.29 is 37.4 Å². The summed E-state index contributed by atoms with van der Waals surface area (Å²) in [5.41, 5.74) is 0.576. The Labute approximate surface area is 99.5 Å². The Hall–Kier alpha value is 1.06. The van der Waals surface area contributed by atoms with Crippen LogP contribution in [-0.2, 0) is 37.4 Å². The van der Waals surface area contributed by atoms with Gasteiger partial charge >= 0.3 is 0 Å². The molecule has 12 heavy (non-hydrogen) atoms. The van der Waals surface area contributed by atoms with Gasteiger partial charge in [0.25, 0.3) is 0 Å². The molecule has 4 rings (SSSR count). The van der Waals surface area contributed by atoms with Gasteiger partial charge in [-0.1, -0.05) is 13.8 Å². The van der Waals surface area contributed by atoms with E-state index in [2.05, 4.69) is 20.8 Å². The van der Waals surface area contributed by atoms with Crippen LogP contribution < -0.4 is 0 Å². The van der Waals surface area contributed by atoms with Gasteiger partial charge in [0.05, 0.1) is 6.10 Å². The molecule has 0 aromatic rings. The molecule has 1 heterocycles. The molecule has 65 valence electrons. The smallest absolute Gasteiger partial charge is 0.0562 e. The van der Waals surface area contributed by atoms with Gasteiger partial charge in [-0.05, 0) is 35.7 Å². The van der Waals surface area contributed by atoms with Gasteiger partial charge in [-0.15, -0.1) is 0 Å². The Morgan fingerprint density at radius 2 is 2.00 bits per heavy atom. The van der Waals surface area contributed by atoms with Crippen molar-refractivity contribution in [3.63, 3.8) is 0 Å². The molecular weight excluding hydrogens is 225 g/mol. The molecule has 0 N–H and O–H groups in total. The van der Waals surface area contributed by atoms with Crippen LogP contribution in [0.1, 0.15) is 26.7 Å². The van der Waals surface area contributed by atoms with Crippen LogP contribution >= 0.6 is 0 Å². The molecule has 0 aromatic carbocycles. The summed E-state index contributed by atoms with van der Waals surface area (Å²) in [6.45, 7) is 8.94. The van der Waals surface area contributed by atoms with E-state index in [1.807, 2.05) is 0 Å². The van der Waals surface area contributed by atoms with Gasteiger partial charge in [0.15, 0.2) is 0 Å². The minimum atomic E-state index is 0. The summed E-state index contributed by atoms with van der Waals surface area (Å²) in [5.74, 6) is 1.67. The van der Waals surface area contributed by atoms with Crippen molar-refractivity contribution in [2.75, 3.05) is 0 Å². The molecule has 3 aliphatic carbocycles. The third-order valence-corrected chi connectivity index (χ3v) is 4.41. The number of ether oxygens (including phenoxy) is 1. The first-order valence-corrected chi connectivity index (χ1v) is 4.58. The Bertz CT molecular complexity index is 221. The fraction of sp³-hybridized carbons (Fsp3) is 0.900. The number of hydrogen-bond acceptors (Lipinski definition) is 1. The third-order valence-electron chi connectivity index (χ3n) is 4.41. The Morgan fingerprint density at radius 3 is 2.42 bits per heavy atom. The Morgan fingerprint density at radius 1 is 1.33 bits per heavy atom. The zero-order valence-corrected chi connectivity index (χ0v) is 10.7. The van der Waals surface area contributed by atoms with Gasteiger partial charge in [0, 0.05) is 32.7 Å². The van der Waals surface area contributed by atoms with Gasteiger partial charge in [-0.3, -0.25) is 0 Å². The van der Waals surface area contributed by atoms with Crippen LogP contribution in [0.3, 0.4) is 0 Å². The molecule has 3 saturated carbocycles. The second kappa shape index (κ2) is 2.35. The molecule has 2 bridgehead atoms. The van der Waals surface area contributed by atoms with Crippen molar-refractivity contribution in [1.82, 2.24) is 0 Å². The molecule has 0 spiro atoms. The predicted molar refractivity (Wildman–Crippen MR) is 43.0 cm³/mol. The molecule has 4 aliphatic rings. The number of hydrogen-bond donors (Lipinski definition) is 0. The third kappa shape index (κ3) is 0.862. The molecule has 4 fully saturated rings. The number of epoxide rings is 1. The van der Waals surface area contributed by atoms with Crippen LogP contribution in [0.25, 0.3) is 0 Å². The molecular formula is C10H15OY-. The van der Waals surface area contributed by atoms with E-state index in [-0.39, 0.29) is 38.3 Å². The van der Waals surface area contributed by atoms with E-state index in [1.165, 1.54) is 12.8 Å². The van der Waals surface area contributed by atoms with Gasteiger partial charge in [0.1, 0.15) is 0 Å². The summed E-state index contributed by atoms with van der Waals surface area (Å²) in [4.78, 5) is 0. The van der Waals surface area contributed by atoms with Crippen LogP contribution in [0.4, 0.5) is 0 Å². The van der Waals surface area contributed by atoms with E-state index in [0.29, 0.717) is 11.5 Å². The maximum absolute atomic E-state index is 5.64. The molecule has 1 nitrogen and oxygen atoms in total. The fourth-order valence-corrected chi connectivity index (χ4v) is 3.29. The Balaban J connectivity index is 0.000000563. The summed E-state index contributed by atoms with van der Waals surface area (Å²) >= 11 is 0. The van der Waals surface area contributed by atoms with E-state index in [9.17, 15) is 0 Å². The maximum Gasteiger partial charge on any atom is 0.0562 e. The first kappa shape index (κ1) is 9.61. The summed E-state index contributed by atoms with van der Waals surface area (Å²) in [6, 6.07) is 0. The minimum absolute atomic E-state index is 0. The van der Waals surface area contributed by atoms with Crippen molar-refractivity contribution in [2.45, 2.75) is 38.4 Å². The van der Waals surface area contributed by atoms with Crippen LogP contribution in [0, 0.1) is 24.2 Å². The first-order valence-electron chi connectivity index (χ1n) is 4.58. The zero-order valence-electron chi connectivity index (χ0n) is 7.84. The Kier molecular flexibility index (Phi) is 1.88. The zero-order chi connectivity index (χ0) is 7.85. The topological polar surface area (TPSA) is 12.5 Å². The van der Waals surface area contributed by atoms with E-state index < -0.39 is 0 Å². The van der Waals surface area contributed by atoms with Crippen LogP contribution in [0.5, 0.6) is 0 Å². The summed E-state index contributed by atoms with van der Waals surface area (Å²) in [7, 11) is 0. The monoisotopic (exact) mass is 240 g/mol. The maximum atomic E-state index is 5.64. The molecule has 1 aliphatic heterocycles. The fourth-order valence-electron chi connectivity index (χ4n) is 3.29. The van der Waals surface area contributed by atoms with Gasteiger partial charge in [-0.2, -0.15) is 0 Å². The molecule has 0 unspecified atom stereocenters. The average Bonchev–Trinajstić information content (AvgIpc) is 2.58. The van der Waals surface area contributed by atoms with Gasteiger partial charge < -0.3 is 11.7 Å². The van der Waals surface area contributed by atoms with E-state index >= 15 is 0 Å². The second-order valence-corrected chi connectivity index (χ2v) is 5.10. The first-order chi connectivity index (χ1) is 5.05. The van der Waals surface area contributed by atoms with Crippen molar-refractivity contribution in [2.24, 2.45) is 17.3 Å². The summed E-state index contributed by atoms with van der Waals surface area (Å²) in [6.07, 6.45) is 3.17. The standard InChI is InChI=1S/C10H15O.Y/c1-9(2)6-4-7(9)10(3)8(5-6)11-10;/h6-8H,3-5H2,1-2H3;/q-1;/t6-,7-,8+,10-;/m1./s1. The van der Waals surface area contributed by atoms with E-state index in [4.69, 9.17) is 4.74 Å². The van der Waals surface area contributed by atoms with Gasteiger partial charge in [-0.25, -0.2) is 0 Å². The quantitative estimate of drug-likeness (QED) is 0.466. The normalized spacial score (nSPS) is 57.8. The largest absolute Gasteiger partial charge is 0.401 e. The average molecular weight is 240 g/mol. The SMILES string of the molecule is [CH2-][C@]12O[C@H]1C[C@H]1C[C@@H]2C1(C)C.[Y]. The predicted octanol–water partition coefficient (Wildman–Crippen LogP) is 2.02. The summed E-state index contributed by atoms with van der Waals surface area (Å²) < 4.78 is 5.64. The number of rotatable bonds is 0. The van der Waals surface area contributed by atoms with Crippen molar-refractivity contribution in [3.8, 4) is 0 Å². The molecule has 4 atom stereocenters. The van der Waals surface area contributed by atoms with Crippen molar-refractivity contribution in [3.05, 3.63) is 6.92 Å². The van der Waals surface area contributed by atoms with Gasteiger partial charge in [0.2, 0.25) is 0 Å².